The fourth-order valence-corrected chi connectivity index (χ4v) is 4.27. The predicted molar refractivity (Wildman–Crippen MR) is 110 cm³/mol. The summed E-state index contributed by atoms with van der Waals surface area (Å²) in [6, 6.07) is 15.6. The van der Waals surface area contributed by atoms with Crippen molar-refractivity contribution in [2.24, 2.45) is 0 Å². The molecule has 2 aliphatic rings. The van der Waals surface area contributed by atoms with Crippen LogP contribution < -0.4 is 14.4 Å². The van der Waals surface area contributed by atoms with Crippen molar-refractivity contribution in [3.8, 4) is 11.5 Å². The quantitative estimate of drug-likeness (QED) is 0.661. The molecular formula is C21H20N4O3S. The maximum absolute atomic E-state index is 12.8. The second-order valence-corrected chi connectivity index (χ2v) is 7.73. The van der Waals surface area contributed by atoms with E-state index in [1.807, 2.05) is 23.1 Å². The Hall–Kier alpha value is -3.13. The molecule has 1 aromatic heterocycles. The Balaban J connectivity index is 1.20. The summed E-state index contributed by atoms with van der Waals surface area (Å²) in [6.45, 7) is 3.01. The summed E-state index contributed by atoms with van der Waals surface area (Å²) in [5.74, 6) is 2.18. The van der Waals surface area contributed by atoms with Crippen molar-refractivity contribution < 1.29 is 14.3 Å². The topological polar surface area (TPSA) is 67.8 Å². The van der Waals surface area contributed by atoms with Crippen LogP contribution in [0.5, 0.6) is 11.5 Å². The van der Waals surface area contributed by atoms with E-state index in [1.165, 1.54) is 17.1 Å². The summed E-state index contributed by atoms with van der Waals surface area (Å²) in [5, 5.41) is 0.922. The number of aromatic nitrogens is 2. The molecule has 3 aromatic rings. The minimum atomic E-state index is 0.0185. The van der Waals surface area contributed by atoms with E-state index in [0.717, 1.165) is 30.5 Å². The Morgan fingerprint density at radius 3 is 2.62 bits per heavy atom. The first kappa shape index (κ1) is 17.9. The molecule has 1 fully saturated rings. The number of ether oxygens (including phenoxy) is 2. The molecule has 0 atom stereocenters. The van der Waals surface area contributed by atoms with Crippen LogP contribution in [0.1, 0.15) is 21.7 Å². The SMILES string of the molecule is O=C(c1ccc2c(c1)OCO2)N1CCN(c2nc(Cc3ccccc3)ns2)CC1. The Labute approximate surface area is 172 Å². The molecule has 5 rings (SSSR count). The Morgan fingerprint density at radius 1 is 1.00 bits per heavy atom. The van der Waals surface area contributed by atoms with Gasteiger partial charge in [-0.1, -0.05) is 30.3 Å². The van der Waals surface area contributed by atoms with Crippen LogP contribution in [0, 0.1) is 0 Å². The van der Waals surface area contributed by atoms with Gasteiger partial charge in [-0.2, -0.15) is 4.37 Å². The second-order valence-electron chi connectivity index (χ2n) is 7.00. The summed E-state index contributed by atoms with van der Waals surface area (Å²) in [5.41, 5.74) is 1.83. The van der Waals surface area contributed by atoms with Crippen LogP contribution in [0.4, 0.5) is 5.13 Å². The van der Waals surface area contributed by atoms with Gasteiger partial charge in [0.25, 0.3) is 5.91 Å². The average Bonchev–Trinajstić information content (AvgIpc) is 3.43. The molecule has 0 unspecified atom stereocenters. The summed E-state index contributed by atoms with van der Waals surface area (Å²) in [6.07, 6.45) is 0.736. The number of benzene rings is 2. The lowest BCUT2D eigenvalue weighted by molar-refractivity contribution is 0.0746. The zero-order valence-electron chi connectivity index (χ0n) is 15.8. The molecule has 148 valence electrons. The van der Waals surface area contributed by atoms with Gasteiger partial charge in [-0.05, 0) is 23.8 Å². The van der Waals surface area contributed by atoms with Crippen molar-refractivity contribution >= 4 is 22.6 Å². The molecular weight excluding hydrogens is 388 g/mol. The summed E-state index contributed by atoms with van der Waals surface area (Å²) >= 11 is 1.43. The van der Waals surface area contributed by atoms with E-state index in [1.54, 1.807) is 18.2 Å². The van der Waals surface area contributed by atoms with Gasteiger partial charge in [0.1, 0.15) is 5.82 Å². The third-order valence-corrected chi connectivity index (χ3v) is 5.93. The lowest BCUT2D eigenvalue weighted by atomic mass is 10.1. The largest absolute Gasteiger partial charge is 0.454 e. The zero-order valence-corrected chi connectivity index (χ0v) is 16.6. The highest BCUT2D eigenvalue weighted by atomic mass is 32.1. The lowest BCUT2D eigenvalue weighted by Gasteiger charge is -2.34. The highest BCUT2D eigenvalue weighted by Gasteiger charge is 2.25. The highest BCUT2D eigenvalue weighted by Crippen LogP contribution is 2.33. The maximum Gasteiger partial charge on any atom is 0.254 e. The van der Waals surface area contributed by atoms with Gasteiger partial charge in [-0.15, -0.1) is 0 Å². The molecule has 0 radical (unpaired) electrons. The van der Waals surface area contributed by atoms with Gasteiger partial charge in [0.2, 0.25) is 11.9 Å². The molecule has 1 saturated heterocycles. The van der Waals surface area contributed by atoms with Crippen LogP contribution in [-0.4, -0.2) is 53.1 Å². The number of hydrogen-bond donors (Lipinski definition) is 0. The number of carbonyl (C=O) groups excluding carboxylic acids is 1. The first-order valence-corrected chi connectivity index (χ1v) is 10.3. The van der Waals surface area contributed by atoms with E-state index in [0.29, 0.717) is 30.2 Å². The van der Waals surface area contributed by atoms with Crippen molar-refractivity contribution in [1.29, 1.82) is 0 Å². The van der Waals surface area contributed by atoms with E-state index in [2.05, 4.69) is 21.4 Å². The number of hydrogen-bond acceptors (Lipinski definition) is 7. The van der Waals surface area contributed by atoms with Crippen molar-refractivity contribution in [2.75, 3.05) is 37.9 Å². The van der Waals surface area contributed by atoms with Crippen LogP contribution in [0.25, 0.3) is 0 Å². The number of nitrogens with zero attached hydrogens (tertiary/aromatic N) is 4. The fraction of sp³-hybridized carbons (Fsp3) is 0.286. The number of piperazine rings is 1. The van der Waals surface area contributed by atoms with E-state index in [-0.39, 0.29) is 12.7 Å². The van der Waals surface area contributed by atoms with Crippen LogP contribution in [-0.2, 0) is 6.42 Å². The molecule has 3 heterocycles. The summed E-state index contributed by atoms with van der Waals surface area (Å²) < 4.78 is 15.2. The van der Waals surface area contributed by atoms with Crippen LogP contribution in [0.2, 0.25) is 0 Å². The smallest absolute Gasteiger partial charge is 0.254 e. The Morgan fingerprint density at radius 2 is 1.79 bits per heavy atom. The second kappa shape index (κ2) is 7.71. The Kier molecular flexibility index (Phi) is 4.77. The molecule has 7 nitrogen and oxygen atoms in total. The molecule has 1 amide bonds. The molecule has 0 N–H and O–H groups in total. The third kappa shape index (κ3) is 3.75. The van der Waals surface area contributed by atoms with E-state index in [4.69, 9.17) is 14.5 Å². The van der Waals surface area contributed by atoms with E-state index < -0.39 is 0 Å². The molecule has 0 bridgehead atoms. The molecule has 0 spiro atoms. The monoisotopic (exact) mass is 408 g/mol. The van der Waals surface area contributed by atoms with Gasteiger partial charge in [-0.25, -0.2) is 4.98 Å². The lowest BCUT2D eigenvalue weighted by Crippen LogP contribution is -2.48. The average molecular weight is 408 g/mol. The van der Waals surface area contributed by atoms with Gasteiger partial charge >= 0.3 is 0 Å². The Bertz CT molecular complexity index is 1020. The summed E-state index contributed by atoms with van der Waals surface area (Å²) in [4.78, 5) is 21.6. The van der Waals surface area contributed by atoms with Crippen molar-refractivity contribution in [1.82, 2.24) is 14.3 Å². The predicted octanol–water partition coefficient (Wildman–Crippen LogP) is 2.82. The van der Waals surface area contributed by atoms with Gasteiger partial charge in [-0.3, -0.25) is 4.79 Å². The van der Waals surface area contributed by atoms with Gasteiger partial charge in [0.15, 0.2) is 11.5 Å². The van der Waals surface area contributed by atoms with Crippen molar-refractivity contribution in [2.45, 2.75) is 6.42 Å². The van der Waals surface area contributed by atoms with Crippen LogP contribution in [0.15, 0.2) is 48.5 Å². The van der Waals surface area contributed by atoms with Gasteiger partial charge < -0.3 is 19.3 Å². The molecule has 29 heavy (non-hydrogen) atoms. The van der Waals surface area contributed by atoms with Gasteiger partial charge in [0, 0.05) is 49.7 Å². The van der Waals surface area contributed by atoms with E-state index in [9.17, 15) is 4.79 Å². The van der Waals surface area contributed by atoms with Crippen molar-refractivity contribution in [3.63, 3.8) is 0 Å². The molecule has 0 aliphatic carbocycles. The first-order valence-electron chi connectivity index (χ1n) is 9.57. The number of rotatable bonds is 4. The van der Waals surface area contributed by atoms with Crippen LogP contribution in [0.3, 0.4) is 0 Å². The molecule has 0 saturated carbocycles. The third-order valence-electron chi connectivity index (χ3n) is 5.12. The minimum absolute atomic E-state index is 0.0185. The molecule has 2 aromatic carbocycles. The minimum Gasteiger partial charge on any atom is -0.454 e. The number of carbonyl (C=O) groups is 1. The normalized spacial score (nSPS) is 15.6. The van der Waals surface area contributed by atoms with Gasteiger partial charge in [0.05, 0.1) is 0 Å². The maximum atomic E-state index is 12.8. The highest BCUT2D eigenvalue weighted by molar-refractivity contribution is 7.09. The van der Waals surface area contributed by atoms with Crippen molar-refractivity contribution in [3.05, 3.63) is 65.5 Å². The number of amides is 1. The molecule has 8 heteroatoms. The number of anilines is 1. The number of fused-ring (bicyclic) bond motifs is 1. The fourth-order valence-electron chi connectivity index (χ4n) is 3.54. The summed E-state index contributed by atoms with van der Waals surface area (Å²) in [7, 11) is 0. The van der Waals surface area contributed by atoms with Crippen LogP contribution >= 0.6 is 11.5 Å². The first-order chi connectivity index (χ1) is 14.3. The van der Waals surface area contributed by atoms with E-state index >= 15 is 0 Å². The standard InChI is InChI=1S/C21H20N4O3S/c26-20(16-6-7-17-18(13-16)28-14-27-17)24-8-10-25(11-9-24)21-22-19(23-29-21)12-15-4-2-1-3-5-15/h1-7,13H,8-12,14H2. The zero-order chi connectivity index (χ0) is 19.6. The molecule has 2 aliphatic heterocycles.